The van der Waals surface area contributed by atoms with E-state index in [2.05, 4.69) is 19.5 Å². The number of halogens is 1. The molecule has 2 aromatic heterocycles. The zero-order valence-corrected chi connectivity index (χ0v) is 26.3. The third kappa shape index (κ3) is 7.53. The number of ether oxygens (including phenoxy) is 1. The number of anilines is 1. The van der Waals surface area contributed by atoms with Crippen LogP contribution in [-0.2, 0) is 25.6 Å². The molecule has 14 heteroatoms. The lowest BCUT2D eigenvalue weighted by Crippen LogP contribution is -2.43. The van der Waals surface area contributed by atoms with Crippen LogP contribution in [0.2, 0.25) is 5.02 Å². The molecule has 5 rings (SSSR count). The number of rotatable bonds is 7. The van der Waals surface area contributed by atoms with Crippen LogP contribution in [0.5, 0.6) is 0 Å². The smallest absolute Gasteiger partial charge is 0.411 e. The Balaban J connectivity index is 1.40. The Morgan fingerprint density at radius 3 is 2.77 bits per heavy atom. The maximum Gasteiger partial charge on any atom is 0.411 e. The number of carbonyl (C=O) groups excluding carboxylic acids is 2. The summed E-state index contributed by atoms with van der Waals surface area (Å²) in [5.41, 5.74) is 3.14. The molecule has 0 saturated heterocycles. The van der Waals surface area contributed by atoms with Gasteiger partial charge in [0.25, 0.3) is 0 Å². The Bertz CT molecular complexity index is 1680. The normalized spacial score (nSPS) is 19.7. The lowest BCUT2D eigenvalue weighted by atomic mass is 9.89. The van der Waals surface area contributed by atoms with Crippen molar-refractivity contribution in [1.29, 1.82) is 0 Å². The van der Waals surface area contributed by atoms with Gasteiger partial charge in [-0.15, -0.1) is 11.3 Å². The number of hydrogen-bond donors (Lipinski definition) is 2. The molecule has 3 N–H and O–H groups in total. The Morgan fingerprint density at radius 2 is 2.02 bits per heavy atom. The molecule has 1 aliphatic heterocycles. The molecule has 1 aliphatic carbocycles. The Kier molecular flexibility index (Phi) is 8.80. The third-order valence-electron chi connectivity index (χ3n) is 7.09. The third-order valence-corrected chi connectivity index (χ3v) is 8.64. The van der Waals surface area contributed by atoms with E-state index >= 15 is 0 Å². The van der Waals surface area contributed by atoms with E-state index in [0.29, 0.717) is 53.5 Å². The molecule has 1 saturated carbocycles. The van der Waals surface area contributed by atoms with E-state index in [0.717, 1.165) is 28.5 Å². The average molecular weight is 646 g/mol. The van der Waals surface area contributed by atoms with Gasteiger partial charge in [0.15, 0.2) is 0 Å². The highest BCUT2D eigenvalue weighted by Gasteiger charge is 2.36. The molecule has 1 unspecified atom stereocenters. The highest BCUT2D eigenvalue weighted by atomic mass is 35.5. The minimum atomic E-state index is -4.07. The van der Waals surface area contributed by atoms with Crippen LogP contribution < -0.4 is 10.5 Å². The summed E-state index contributed by atoms with van der Waals surface area (Å²) in [5.74, 6) is 0.107. The summed E-state index contributed by atoms with van der Waals surface area (Å²) in [6.07, 6.45) is 5.99. The lowest BCUT2D eigenvalue weighted by molar-refractivity contribution is 0.0178. The molecule has 1 amide bonds. The molecule has 43 heavy (non-hydrogen) atoms. The summed E-state index contributed by atoms with van der Waals surface area (Å²) in [5, 5.41) is 10.6. The summed E-state index contributed by atoms with van der Waals surface area (Å²) < 4.78 is 32.6. The van der Waals surface area contributed by atoms with Crippen molar-refractivity contribution in [2.45, 2.75) is 64.1 Å². The van der Waals surface area contributed by atoms with Crippen LogP contribution in [0, 0.1) is 0 Å². The first-order valence-corrected chi connectivity index (χ1v) is 16.4. The number of nitrogens with zero attached hydrogens (tertiary/aromatic N) is 3. The molecule has 228 valence electrons. The number of nitrogens with two attached hydrogens (primary N) is 1. The molecular weight excluding hydrogens is 614 g/mol. The van der Waals surface area contributed by atoms with Crippen LogP contribution in [0.25, 0.3) is 0 Å². The number of nitrogens with one attached hydrogen (secondary N) is 1. The number of fused-ring (bicyclic) bond motifs is 1. The van der Waals surface area contributed by atoms with Gasteiger partial charge in [0.1, 0.15) is 24.0 Å². The van der Waals surface area contributed by atoms with Gasteiger partial charge in [-0.1, -0.05) is 17.7 Å². The molecule has 3 heterocycles. The average Bonchev–Trinajstić information content (AvgIpc) is 3.60. The van der Waals surface area contributed by atoms with E-state index in [9.17, 15) is 18.0 Å². The van der Waals surface area contributed by atoms with E-state index in [1.807, 2.05) is 44.4 Å². The van der Waals surface area contributed by atoms with E-state index in [4.69, 9.17) is 21.5 Å². The van der Waals surface area contributed by atoms with Crippen LogP contribution in [-0.4, -0.2) is 53.3 Å². The first-order chi connectivity index (χ1) is 20.3. The van der Waals surface area contributed by atoms with Crippen molar-refractivity contribution in [3.63, 3.8) is 0 Å². The highest BCUT2D eigenvalue weighted by Crippen LogP contribution is 2.39. The number of carbonyl (C=O) groups is 2. The van der Waals surface area contributed by atoms with Crippen LogP contribution in [0.3, 0.4) is 0 Å². The molecule has 0 radical (unpaired) electrons. The predicted octanol–water partition coefficient (Wildman–Crippen LogP) is 5.37. The summed E-state index contributed by atoms with van der Waals surface area (Å²) >= 11 is 7.66. The van der Waals surface area contributed by atoms with Crippen molar-refractivity contribution in [3.05, 3.63) is 86.2 Å². The number of thiophene rings is 1. The minimum absolute atomic E-state index is 0.0958. The number of amides is 1. The maximum absolute atomic E-state index is 13.8. The van der Waals surface area contributed by atoms with Gasteiger partial charge < -0.3 is 14.2 Å². The molecule has 0 bridgehead atoms. The monoisotopic (exact) mass is 645 g/mol. The number of benzene rings is 1. The summed E-state index contributed by atoms with van der Waals surface area (Å²) in [6, 6.07) is 6.89. The van der Waals surface area contributed by atoms with Crippen LogP contribution in [0.15, 0.2) is 54.0 Å². The summed E-state index contributed by atoms with van der Waals surface area (Å²) in [7, 11) is -4.07. The van der Waals surface area contributed by atoms with Gasteiger partial charge in [-0.05, 0) is 92.3 Å². The zero-order valence-electron chi connectivity index (χ0n) is 23.9. The van der Waals surface area contributed by atoms with Crippen LogP contribution in [0.1, 0.15) is 78.0 Å². The molecule has 11 nitrogen and oxygen atoms in total. The van der Waals surface area contributed by atoms with Crippen molar-refractivity contribution in [2.24, 2.45) is 5.14 Å². The number of ketones is 1. The van der Waals surface area contributed by atoms with Crippen LogP contribution >= 0.6 is 22.9 Å². The Morgan fingerprint density at radius 1 is 1.23 bits per heavy atom. The standard InChI is InChI=1S/C29H32ClN5O6S2/c1-29(2,3)41-28(37)35-9-8-18-5-6-20(30)12-22(18)25(35)19-11-24(42-15-19)26(36)23-13-32-16-33-27(23)34-21-7-4-17(10-21)14-40-43(31,38)39/h5-6,11-16,21,25H,4,7-10H2,1-3H3,(H2,31,38,39)(H,32,33,34)/b17-14+/t21-,25?/m0/s1. The summed E-state index contributed by atoms with van der Waals surface area (Å²) in [6.45, 7) is 5.92. The minimum Gasteiger partial charge on any atom is -0.444 e. The molecule has 0 spiro atoms. The highest BCUT2D eigenvalue weighted by molar-refractivity contribution is 7.84. The SMILES string of the molecule is CC(C)(C)OC(=O)N1CCc2ccc(Cl)cc2C1c1csc(C(=O)c2cncnc2N[C@H]2CC/C(=C\OS(N)(=O)=O)C2)c1. The van der Waals surface area contributed by atoms with Gasteiger partial charge in [0.05, 0.1) is 16.5 Å². The van der Waals surface area contributed by atoms with Gasteiger partial charge >= 0.3 is 16.4 Å². The molecular formula is C29H32ClN5O6S2. The maximum atomic E-state index is 13.8. The van der Waals surface area contributed by atoms with Gasteiger partial charge in [0.2, 0.25) is 5.78 Å². The van der Waals surface area contributed by atoms with Gasteiger partial charge in [0, 0.05) is 23.8 Å². The largest absolute Gasteiger partial charge is 0.444 e. The topological polar surface area (TPSA) is 154 Å². The second kappa shape index (κ2) is 12.2. The zero-order chi connectivity index (χ0) is 30.9. The number of hydrogen-bond acceptors (Lipinski definition) is 10. The van der Waals surface area contributed by atoms with Gasteiger partial charge in [-0.3, -0.25) is 9.69 Å². The van der Waals surface area contributed by atoms with Gasteiger partial charge in [-0.2, -0.15) is 13.6 Å². The van der Waals surface area contributed by atoms with E-state index in [1.165, 1.54) is 23.9 Å². The van der Waals surface area contributed by atoms with Crippen molar-refractivity contribution >= 4 is 50.9 Å². The van der Waals surface area contributed by atoms with Crippen molar-refractivity contribution in [1.82, 2.24) is 14.9 Å². The quantitative estimate of drug-likeness (QED) is 0.255. The lowest BCUT2D eigenvalue weighted by Gasteiger charge is -2.38. The number of aromatic nitrogens is 2. The molecule has 1 fully saturated rings. The van der Waals surface area contributed by atoms with E-state index < -0.39 is 28.0 Å². The predicted molar refractivity (Wildman–Crippen MR) is 163 cm³/mol. The molecule has 1 aromatic carbocycles. The molecule has 2 aliphatic rings. The fourth-order valence-electron chi connectivity index (χ4n) is 5.26. The Labute approximate surface area is 259 Å². The fourth-order valence-corrected chi connectivity index (χ4v) is 6.59. The Hall–Kier alpha value is -3.52. The van der Waals surface area contributed by atoms with Crippen molar-refractivity contribution in [3.8, 4) is 0 Å². The fraction of sp³-hybridized carbons (Fsp3) is 0.379. The van der Waals surface area contributed by atoms with Crippen molar-refractivity contribution < 1.29 is 26.9 Å². The first-order valence-electron chi connectivity index (χ1n) is 13.6. The van der Waals surface area contributed by atoms with Crippen LogP contribution in [0.4, 0.5) is 10.6 Å². The van der Waals surface area contributed by atoms with Gasteiger partial charge in [-0.25, -0.2) is 14.8 Å². The molecule has 3 aromatic rings. The molecule has 2 atom stereocenters. The van der Waals surface area contributed by atoms with E-state index in [-0.39, 0.29) is 11.8 Å². The first kappa shape index (κ1) is 30.9. The summed E-state index contributed by atoms with van der Waals surface area (Å²) in [4.78, 5) is 37.6. The van der Waals surface area contributed by atoms with E-state index in [1.54, 1.807) is 11.0 Å². The second-order valence-corrected chi connectivity index (χ2v) is 14.0. The second-order valence-electron chi connectivity index (χ2n) is 11.5. The van der Waals surface area contributed by atoms with Crippen molar-refractivity contribution in [2.75, 3.05) is 11.9 Å².